The first-order valence-corrected chi connectivity index (χ1v) is 5.47. The van der Waals surface area contributed by atoms with Crippen molar-refractivity contribution < 1.29 is 9.53 Å². The second kappa shape index (κ2) is 6.50. The zero-order valence-electron chi connectivity index (χ0n) is 11.2. The highest BCUT2D eigenvalue weighted by molar-refractivity contribution is 5.92. The van der Waals surface area contributed by atoms with E-state index in [9.17, 15) is 4.79 Å². The Morgan fingerprint density at radius 3 is 2.84 bits per heavy atom. The molecule has 0 aliphatic heterocycles. The Hall–Kier alpha value is -2.41. The summed E-state index contributed by atoms with van der Waals surface area (Å²) in [5.41, 5.74) is 3.63. The monoisotopic (exact) mass is 263 g/mol. The van der Waals surface area contributed by atoms with Gasteiger partial charge < -0.3 is 9.64 Å². The summed E-state index contributed by atoms with van der Waals surface area (Å²) >= 11 is 0. The molecular formula is C12H17N5O2. The number of carbonyl (C=O) groups excluding carboxylic acids is 1. The molecule has 1 aromatic rings. The largest absolute Gasteiger partial charge is 0.479 e. The van der Waals surface area contributed by atoms with Crippen molar-refractivity contribution in [3.63, 3.8) is 0 Å². The van der Waals surface area contributed by atoms with Crippen LogP contribution in [0.25, 0.3) is 0 Å². The van der Waals surface area contributed by atoms with E-state index in [4.69, 9.17) is 10.6 Å². The molecule has 0 aliphatic carbocycles. The number of aliphatic imine (C=N–C) groups is 1. The van der Waals surface area contributed by atoms with Gasteiger partial charge >= 0.3 is 0 Å². The van der Waals surface area contributed by atoms with Crippen LogP contribution >= 0.6 is 0 Å². The zero-order chi connectivity index (χ0) is 14.4. The smallest absolute Gasteiger partial charge is 0.283 e. The standard InChI is InChI=1S/C12H17N5O2/c1-8(14-2)7-17(3)10-6-5-9(11(18)16-13)15-12(10)19-4/h5-7H,2,13H2,1,3-4H3,(H,16,18). The van der Waals surface area contributed by atoms with Crippen molar-refractivity contribution in [3.8, 4) is 5.88 Å². The summed E-state index contributed by atoms with van der Waals surface area (Å²) in [6, 6.07) is 3.27. The number of hydrogen-bond acceptors (Lipinski definition) is 6. The molecule has 0 fully saturated rings. The summed E-state index contributed by atoms with van der Waals surface area (Å²) in [4.78, 5) is 21.0. The quantitative estimate of drug-likeness (QED) is 0.353. The van der Waals surface area contributed by atoms with E-state index in [0.717, 1.165) is 5.70 Å². The van der Waals surface area contributed by atoms with Crippen LogP contribution in [0.2, 0.25) is 0 Å². The fraction of sp³-hybridized carbons (Fsp3) is 0.250. The Balaban J connectivity index is 3.15. The highest BCUT2D eigenvalue weighted by atomic mass is 16.5. The van der Waals surface area contributed by atoms with Crippen LogP contribution in [-0.4, -0.2) is 31.8 Å². The Morgan fingerprint density at radius 2 is 2.32 bits per heavy atom. The van der Waals surface area contributed by atoms with Crippen LogP contribution in [0.1, 0.15) is 17.4 Å². The van der Waals surface area contributed by atoms with Crippen molar-refractivity contribution >= 4 is 18.3 Å². The van der Waals surface area contributed by atoms with Crippen molar-refractivity contribution in [1.29, 1.82) is 0 Å². The van der Waals surface area contributed by atoms with Gasteiger partial charge in [-0.25, -0.2) is 10.8 Å². The molecule has 0 radical (unpaired) electrons. The van der Waals surface area contributed by atoms with Gasteiger partial charge in [-0.15, -0.1) is 0 Å². The number of allylic oxidation sites excluding steroid dienone is 1. The summed E-state index contributed by atoms with van der Waals surface area (Å²) in [6.07, 6.45) is 1.77. The lowest BCUT2D eigenvalue weighted by atomic mass is 10.3. The Bertz CT molecular complexity index is 513. The summed E-state index contributed by atoms with van der Waals surface area (Å²) < 4.78 is 5.17. The lowest BCUT2D eigenvalue weighted by Crippen LogP contribution is -2.30. The maximum Gasteiger partial charge on any atom is 0.283 e. The second-order valence-corrected chi connectivity index (χ2v) is 3.74. The van der Waals surface area contributed by atoms with Crippen LogP contribution < -0.4 is 20.9 Å². The molecule has 1 heterocycles. The lowest BCUT2D eigenvalue weighted by molar-refractivity contribution is 0.0948. The van der Waals surface area contributed by atoms with Gasteiger partial charge in [0.25, 0.3) is 5.91 Å². The van der Waals surface area contributed by atoms with Gasteiger partial charge in [-0.05, 0) is 25.8 Å². The summed E-state index contributed by atoms with van der Waals surface area (Å²) in [5, 5.41) is 0. The van der Waals surface area contributed by atoms with E-state index in [0.29, 0.717) is 11.6 Å². The maximum absolute atomic E-state index is 11.4. The van der Waals surface area contributed by atoms with Gasteiger partial charge in [0.05, 0.1) is 12.8 Å². The summed E-state index contributed by atoms with van der Waals surface area (Å²) in [7, 11) is 3.29. The minimum absolute atomic E-state index is 0.180. The summed E-state index contributed by atoms with van der Waals surface area (Å²) in [5.74, 6) is 4.89. The highest BCUT2D eigenvalue weighted by Gasteiger charge is 2.13. The number of nitrogen functional groups attached to an aromatic ring is 1. The van der Waals surface area contributed by atoms with Gasteiger partial charge in [0.15, 0.2) is 0 Å². The zero-order valence-corrected chi connectivity index (χ0v) is 11.2. The van der Waals surface area contributed by atoms with E-state index in [2.05, 4.69) is 16.7 Å². The fourth-order valence-electron chi connectivity index (χ4n) is 1.44. The number of nitrogens with zero attached hydrogens (tertiary/aromatic N) is 3. The van der Waals surface area contributed by atoms with Gasteiger partial charge in [0, 0.05) is 13.2 Å². The molecule has 0 spiro atoms. The van der Waals surface area contributed by atoms with Crippen LogP contribution in [-0.2, 0) is 0 Å². The number of aromatic nitrogens is 1. The Morgan fingerprint density at radius 1 is 1.63 bits per heavy atom. The van der Waals surface area contributed by atoms with Crippen LogP contribution in [0.15, 0.2) is 29.0 Å². The number of hydrazine groups is 1. The molecule has 0 aliphatic rings. The van der Waals surface area contributed by atoms with E-state index in [1.54, 1.807) is 23.2 Å². The molecule has 1 aromatic heterocycles. The fourth-order valence-corrected chi connectivity index (χ4v) is 1.44. The molecule has 0 aromatic carbocycles. The number of hydrogen-bond donors (Lipinski definition) is 2. The van der Waals surface area contributed by atoms with Crippen molar-refractivity contribution in [2.24, 2.45) is 10.8 Å². The Kier molecular flexibility index (Phi) is 5.01. The SMILES string of the molecule is C=NC(C)=CN(C)c1ccc(C(=O)NN)nc1OC. The van der Waals surface area contributed by atoms with Crippen LogP contribution in [0.3, 0.4) is 0 Å². The first-order valence-electron chi connectivity index (χ1n) is 5.47. The number of nitrogens with two attached hydrogens (primary N) is 1. The molecular weight excluding hydrogens is 246 g/mol. The molecule has 0 atom stereocenters. The number of carbonyl (C=O) groups is 1. The number of amides is 1. The maximum atomic E-state index is 11.4. The third-order valence-corrected chi connectivity index (χ3v) is 2.41. The first kappa shape index (κ1) is 14.7. The van der Waals surface area contributed by atoms with Crippen LogP contribution in [0.5, 0.6) is 5.88 Å². The molecule has 1 rings (SSSR count). The molecule has 19 heavy (non-hydrogen) atoms. The number of rotatable bonds is 5. The molecule has 1 amide bonds. The van der Waals surface area contributed by atoms with Crippen molar-refractivity contribution in [2.75, 3.05) is 19.1 Å². The van der Waals surface area contributed by atoms with Gasteiger partial charge in [0.2, 0.25) is 5.88 Å². The summed E-state index contributed by atoms with van der Waals surface area (Å²) in [6.45, 7) is 5.26. The predicted octanol–water partition coefficient (Wildman–Crippen LogP) is 0.692. The second-order valence-electron chi connectivity index (χ2n) is 3.74. The van der Waals surface area contributed by atoms with Crippen molar-refractivity contribution in [3.05, 3.63) is 29.7 Å². The average Bonchev–Trinajstić information content (AvgIpc) is 2.45. The molecule has 0 bridgehead atoms. The number of ether oxygens (including phenoxy) is 1. The van der Waals surface area contributed by atoms with Crippen molar-refractivity contribution in [2.45, 2.75) is 6.92 Å². The van der Waals surface area contributed by atoms with E-state index < -0.39 is 5.91 Å². The van der Waals surface area contributed by atoms with Gasteiger partial charge in [-0.3, -0.25) is 15.2 Å². The molecule has 102 valence electrons. The van der Waals surface area contributed by atoms with Gasteiger partial charge in [0.1, 0.15) is 11.4 Å². The van der Waals surface area contributed by atoms with E-state index in [-0.39, 0.29) is 5.69 Å². The normalized spacial score (nSPS) is 10.8. The first-order chi connectivity index (χ1) is 9.03. The van der Waals surface area contributed by atoms with E-state index in [1.165, 1.54) is 7.11 Å². The Labute approximate surface area is 111 Å². The lowest BCUT2D eigenvalue weighted by Gasteiger charge is -2.17. The molecule has 7 nitrogen and oxygen atoms in total. The van der Waals surface area contributed by atoms with Crippen LogP contribution in [0.4, 0.5) is 5.69 Å². The molecule has 0 saturated heterocycles. The molecule has 3 N–H and O–H groups in total. The molecule has 0 saturated carbocycles. The van der Waals surface area contributed by atoms with Crippen LogP contribution in [0, 0.1) is 0 Å². The molecule has 0 unspecified atom stereocenters. The van der Waals surface area contributed by atoms with E-state index in [1.807, 2.05) is 19.4 Å². The highest BCUT2D eigenvalue weighted by Crippen LogP contribution is 2.26. The van der Waals surface area contributed by atoms with Crippen molar-refractivity contribution in [1.82, 2.24) is 10.4 Å². The number of nitrogens with one attached hydrogen (secondary N) is 1. The van der Waals surface area contributed by atoms with Gasteiger partial charge in [-0.2, -0.15) is 0 Å². The average molecular weight is 263 g/mol. The minimum Gasteiger partial charge on any atom is -0.479 e. The number of anilines is 1. The third kappa shape index (κ3) is 3.52. The number of pyridine rings is 1. The predicted molar refractivity (Wildman–Crippen MR) is 74.2 cm³/mol. The number of methoxy groups -OCH3 is 1. The molecule has 7 heteroatoms. The van der Waals surface area contributed by atoms with Gasteiger partial charge in [-0.1, -0.05) is 0 Å². The topological polar surface area (TPSA) is 92.8 Å². The third-order valence-electron chi connectivity index (χ3n) is 2.41. The minimum atomic E-state index is -0.480. The van der Waals surface area contributed by atoms with E-state index >= 15 is 0 Å².